The maximum atomic E-state index is 14.2. The first-order valence-electron chi connectivity index (χ1n) is 14.7. The number of nitrogens with zero attached hydrogens (tertiary/aromatic N) is 5. The molecule has 1 unspecified atom stereocenters. The minimum atomic E-state index is -0.647. The molecular weight excluding hydrogens is 564 g/mol. The lowest BCUT2D eigenvalue weighted by molar-refractivity contribution is -0.133. The van der Waals surface area contributed by atoms with E-state index in [1.165, 1.54) is 0 Å². The van der Waals surface area contributed by atoms with E-state index in [0.717, 1.165) is 33.4 Å². The van der Waals surface area contributed by atoms with E-state index >= 15 is 0 Å². The van der Waals surface area contributed by atoms with Crippen LogP contribution in [0.15, 0.2) is 67.0 Å². The second-order valence-electron chi connectivity index (χ2n) is 12.2. The van der Waals surface area contributed by atoms with Crippen molar-refractivity contribution in [1.82, 2.24) is 25.0 Å². The number of ether oxygens (including phenoxy) is 1. The normalized spacial score (nSPS) is 14.7. The zero-order chi connectivity index (χ0) is 30.7. The highest BCUT2D eigenvalue weighted by Crippen LogP contribution is 2.36. The summed E-state index contributed by atoms with van der Waals surface area (Å²) in [5.41, 5.74) is 4.05. The van der Waals surface area contributed by atoms with Crippen LogP contribution in [-0.4, -0.2) is 81.3 Å². The topological polar surface area (TPSA) is 94.7 Å². The van der Waals surface area contributed by atoms with Gasteiger partial charge in [-0.15, -0.1) is 0 Å². The smallest absolute Gasteiger partial charge is 0.410 e. The van der Waals surface area contributed by atoms with Crippen molar-refractivity contribution >= 4 is 40.3 Å². The predicted octanol–water partition coefficient (Wildman–Crippen LogP) is 6.36. The molecule has 0 saturated carbocycles. The number of amides is 2. The number of hydrogen-bond donors (Lipinski definition) is 1. The van der Waals surface area contributed by atoms with Crippen LogP contribution in [0.5, 0.6) is 0 Å². The summed E-state index contributed by atoms with van der Waals surface area (Å²) in [6, 6.07) is 17.3. The highest BCUT2D eigenvalue weighted by Gasteiger charge is 2.34. The predicted molar refractivity (Wildman–Crippen MR) is 170 cm³/mol. The minimum absolute atomic E-state index is 0.0253. The van der Waals surface area contributed by atoms with Crippen molar-refractivity contribution in [3.05, 3.63) is 77.6 Å². The molecule has 1 saturated heterocycles. The minimum Gasteiger partial charge on any atom is -0.444 e. The molecule has 4 aromatic rings. The van der Waals surface area contributed by atoms with Crippen LogP contribution in [0.25, 0.3) is 22.2 Å². The first kappa shape index (κ1) is 30.4. The van der Waals surface area contributed by atoms with E-state index in [1.54, 1.807) is 17.0 Å². The maximum Gasteiger partial charge on any atom is 0.410 e. The average Bonchev–Trinajstić information content (AvgIpc) is 3.46. The molecule has 2 aromatic heterocycles. The molecule has 1 atom stereocenters. The van der Waals surface area contributed by atoms with Gasteiger partial charge >= 0.3 is 6.09 Å². The molecule has 1 N–H and O–H groups in total. The molecular formula is C33H39ClN6O3. The lowest BCUT2D eigenvalue weighted by Crippen LogP contribution is -2.52. The van der Waals surface area contributed by atoms with Crippen molar-refractivity contribution in [3.8, 4) is 11.1 Å². The molecule has 9 nitrogen and oxygen atoms in total. The summed E-state index contributed by atoms with van der Waals surface area (Å²) >= 11 is 6.19. The van der Waals surface area contributed by atoms with E-state index in [9.17, 15) is 9.59 Å². The summed E-state index contributed by atoms with van der Waals surface area (Å²) < 4.78 is 5.70. The molecule has 0 aliphatic carbocycles. The first-order valence-corrected chi connectivity index (χ1v) is 15.1. The van der Waals surface area contributed by atoms with Gasteiger partial charge in [0.2, 0.25) is 5.91 Å². The summed E-state index contributed by atoms with van der Waals surface area (Å²) in [7, 11) is 0. The number of fused-ring (bicyclic) bond motifs is 1. The molecule has 3 heterocycles. The first-order chi connectivity index (χ1) is 20.5. The van der Waals surface area contributed by atoms with E-state index in [-0.39, 0.29) is 18.5 Å². The average molecular weight is 603 g/mol. The second kappa shape index (κ2) is 12.6. The van der Waals surface area contributed by atoms with Crippen molar-refractivity contribution < 1.29 is 14.3 Å². The number of carbonyl (C=O) groups is 2. The van der Waals surface area contributed by atoms with Crippen molar-refractivity contribution in [2.24, 2.45) is 0 Å². The third kappa shape index (κ3) is 6.94. The van der Waals surface area contributed by atoms with Crippen molar-refractivity contribution in [3.63, 3.8) is 0 Å². The largest absolute Gasteiger partial charge is 0.444 e. The summed E-state index contributed by atoms with van der Waals surface area (Å²) in [5.74, 6) is -0.595. The van der Waals surface area contributed by atoms with Gasteiger partial charge in [0.25, 0.3) is 0 Å². The molecule has 0 bridgehead atoms. The summed E-state index contributed by atoms with van der Waals surface area (Å²) in [5, 5.41) is 8.77. The van der Waals surface area contributed by atoms with E-state index < -0.39 is 17.6 Å². The zero-order valence-electron chi connectivity index (χ0n) is 25.4. The third-order valence-corrected chi connectivity index (χ3v) is 7.90. The summed E-state index contributed by atoms with van der Waals surface area (Å²) in [6.45, 7) is 11.9. The molecule has 1 fully saturated rings. The Bertz CT molecular complexity index is 1560. The van der Waals surface area contributed by atoms with Crippen LogP contribution in [0.4, 0.5) is 10.5 Å². The van der Waals surface area contributed by atoms with Crippen LogP contribution in [0.1, 0.15) is 46.1 Å². The number of halogens is 1. The lowest BCUT2D eigenvalue weighted by Gasteiger charge is -2.39. The van der Waals surface area contributed by atoms with Gasteiger partial charge in [-0.2, -0.15) is 5.10 Å². The Hall–Kier alpha value is -4.11. The van der Waals surface area contributed by atoms with Crippen LogP contribution in [0.2, 0.25) is 5.02 Å². The molecule has 2 amide bonds. The monoisotopic (exact) mass is 602 g/mol. The van der Waals surface area contributed by atoms with E-state index in [2.05, 4.69) is 32.2 Å². The fourth-order valence-electron chi connectivity index (χ4n) is 5.46. The van der Waals surface area contributed by atoms with Gasteiger partial charge in [0.1, 0.15) is 5.60 Å². The summed E-state index contributed by atoms with van der Waals surface area (Å²) in [6.07, 6.45) is 3.26. The van der Waals surface area contributed by atoms with Crippen LogP contribution < -0.4 is 4.90 Å². The number of piperazine rings is 1. The van der Waals surface area contributed by atoms with Crippen LogP contribution >= 0.6 is 11.6 Å². The highest BCUT2D eigenvalue weighted by molar-refractivity contribution is 6.30. The number of hydrogen-bond acceptors (Lipinski definition) is 6. The van der Waals surface area contributed by atoms with Gasteiger partial charge in [-0.05, 0) is 57.9 Å². The van der Waals surface area contributed by atoms with Crippen LogP contribution in [0.3, 0.4) is 0 Å². The van der Waals surface area contributed by atoms with Crippen LogP contribution in [0, 0.1) is 0 Å². The fraction of sp³-hybridized carbons (Fsp3) is 0.394. The Morgan fingerprint density at radius 2 is 1.67 bits per heavy atom. The molecule has 2 aromatic carbocycles. The molecule has 1 aliphatic rings. The molecule has 43 heavy (non-hydrogen) atoms. The number of rotatable bonds is 7. The van der Waals surface area contributed by atoms with Gasteiger partial charge in [0, 0.05) is 55.5 Å². The highest BCUT2D eigenvalue weighted by atomic mass is 35.5. The molecule has 1 aliphatic heterocycles. The number of H-pyrrole nitrogens is 1. The molecule has 5 rings (SSSR count). The van der Waals surface area contributed by atoms with E-state index in [0.29, 0.717) is 31.2 Å². The van der Waals surface area contributed by atoms with Gasteiger partial charge in [-0.1, -0.05) is 54.1 Å². The molecule has 0 radical (unpaired) electrons. The number of anilines is 1. The lowest BCUT2D eigenvalue weighted by atomic mass is 9.95. The number of nitrogens with one attached hydrogen (secondary N) is 1. The Labute approximate surface area is 257 Å². The zero-order valence-corrected chi connectivity index (χ0v) is 26.1. The van der Waals surface area contributed by atoms with Gasteiger partial charge in [0.05, 0.1) is 23.2 Å². The number of aromatic nitrogens is 3. The van der Waals surface area contributed by atoms with E-state index in [4.69, 9.17) is 16.3 Å². The van der Waals surface area contributed by atoms with Gasteiger partial charge in [0.15, 0.2) is 5.65 Å². The number of pyridine rings is 1. The second-order valence-corrected chi connectivity index (χ2v) is 12.6. The Morgan fingerprint density at radius 3 is 2.30 bits per heavy atom. The Balaban J connectivity index is 1.39. The molecule has 10 heteroatoms. The maximum absolute atomic E-state index is 14.2. The summed E-state index contributed by atoms with van der Waals surface area (Å²) in [4.78, 5) is 37.9. The van der Waals surface area contributed by atoms with Gasteiger partial charge in [-0.3, -0.25) is 9.89 Å². The third-order valence-electron chi connectivity index (χ3n) is 7.65. The van der Waals surface area contributed by atoms with Crippen molar-refractivity contribution in [2.75, 3.05) is 37.6 Å². The van der Waals surface area contributed by atoms with E-state index in [1.807, 2.05) is 82.2 Å². The van der Waals surface area contributed by atoms with Crippen molar-refractivity contribution in [1.29, 1.82) is 0 Å². The molecule has 0 spiro atoms. The quantitative estimate of drug-likeness (QED) is 0.265. The number of carbonyl (C=O) groups excluding carboxylic acids is 2. The van der Waals surface area contributed by atoms with Gasteiger partial charge in [-0.25, -0.2) is 9.78 Å². The standard InChI is InChI=1S/C33H39ClN6O3/c1-22(2)40(32(42)43-33(3,4)5)21-28(24-11-13-25(34)14-12-24)31(41)39-17-15-38(16-18-39)29-26(23-9-7-6-8-10-23)19-35-30-27(29)20-36-37-30/h6-14,19-20,22,28H,15-18,21H2,1-5H3,(H,35,36,37). The Kier molecular flexibility index (Phi) is 8.92. The molecule has 226 valence electrons. The van der Waals surface area contributed by atoms with Gasteiger partial charge < -0.3 is 19.4 Å². The SMILES string of the molecule is CC(C)N(CC(C(=O)N1CCN(c2c(-c3ccccc3)cnc3[nH]ncc23)CC1)c1ccc(Cl)cc1)C(=O)OC(C)(C)C. The number of aromatic amines is 1. The van der Waals surface area contributed by atoms with Crippen molar-refractivity contribution in [2.45, 2.75) is 52.2 Å². The fourth-order valence-corrected chi connectivity index (χ4v) is 5.59. The Morgan fingerprint density at radius 1 is 1.00 bits per heavy atom. The van der Waals surface area contributed by atoms with Crippen LogP contribution in [-0.2, 0) is 9.53 Å². The number of benzene rings is 2.